The van der Waals surface area contributed by atoms with Crippen LogP contribution >= 0.6 is 0 Å². The molecule has 0 aromatic rings. The normalized spacial score (nSPS) is 47.5. The smallest absolute Gasteiger partial charge is 0.334 e. The van der Waals surface area contributed by atoms with Gasteiger partial charge in [-0.1, -0.05) is 20.4 Å². The maximum absolute atomic E-state index is 11.9. The SMILES string of the molecule is C=C1C(=O)OC2C1CCC(C)C1C(OC(C)=O)CC(O)C21C. The van der Waals surface area contributed by atoms with Crippen LogP contribution in [0, 0.1) is 23.2 Å². The molecule has 0 aromatic carbocycles. The minimum absolute atomic E-state index is 0.0138. The number of rotatable bonds is 1. The maximum atomic E-state index is 11.9. The monoisotopic (exact) mass is 308 g/mol. The zero-order valence-electron chi connectivity index (χ0n) is 13.4. The number of hydrogen-bond donors (Lipinski definition) is 1. The summed E-state index contributed by atoms with van der Waals surface area (Å²) >= 11 is 0. The number of carbonyl (C=O) groups is 2. The molecule has 122 valence electrons. The van der Waals surface area contributed by atoms with Crippen LogP contribution in [0.3, 0.4) is 0 Å². The van der Waals surface area contributed by atoms with Crippen LogP contribution in [0.15, 0.2) is 12.2 Å². The second-order valence-electron chi connectivity index (χ2n) is 7.30. The number of aliphatic hydroxyl groups excluding tert-OH is 1. The zero-order chi connectivity index (χ0) is 16.2. The van der Waals surface area contributed by atoms with Gasteiger partial charge in [0.05, 0.1) is 6.10 Å². The van der Waals surface area contributed by atoms with E-state index in [1.807, 2.05) is 6.92 Å². The number of ether oxygens (including phenoxy) is 2. The molecular formula is C17H24O5. The first-order valence-corrected chi connectivity index (χ1v) is 8.01. The molecule has 0 amide bonds. The van der Waals surface area contributed by atoms with Crippen molar-refractivity contribution in [3.63, 3.8) is 0 Å². The molecule has 1 N–H and O–H groups in total. The third-order valence-electron chi connectivity index (χ3n) is 6.08. The van der Waals surface area contributed by atoms with Crippen molar-refractivity contribution >= 4 is 11.9 Å². The predicted molar refractivity (Wildman–Crippen MR) is 78.7 cm³/mol. The number of aliphatic hydroxyl groups is 1. The van der Waals surface area contributed by atoms with Gasteiger partial charge in [-0.25, -0.2) is 4.79 Å². The van der Waals surface area contributed by atoms with Crippen molar-refractivity contribution in [1.29, 1.82) is 0 Å². The van der Waals surface area contributed by atoms with Gasteiger partial charge in [-0.3, -0.25) is 4.79 Å². The average molecular weight is 308 g/mol. The van der Waals surface area contributed by atoms with E-state index in [1.54, 1.807) is 0 Å². The summed E-state index contributed by atoms with van der Waals surface area (Å²) in [6, 6.07) is 0. The van der Waals surface area contributed by atoms with E-state index in [4.69, 9.17) is 9.47 Å². The molecule has 3 fully saturated rings. The second kappa shape index (κ2) is 5.08. The van der Waals surface area contributed by atoms with Gasteiger partial charge < -0.3 is 14.6 Å². The molecule has 3 aliphatic rings. The minimum Gasteiger partial charge on any atom is -0.462 e. The topological polar surface area (TPSA) is 72.8 Å². The Bertz CT molecular complexity index is 527. The van der Waals surface area contributed by atoms with Gasteiger partial charge in [-0.15, -0.1) is 0 Å². The van der Waals surface area contributed by atoms with Gasteiger partial charge in [-0.2, -0.15) is 0 Å². The summed E-state index contributed by atoms with van der Waals surface area (Å²) in [6.45, 7) is 9.37. The molecule has 0 bridgehead atoms. The highest BCUT2D eigenvalue weighted by molar-refractivity contribution is 5.91. The summed E-state index contributed by atoms with van der Waals surface area (Å²) in [5.41, 5.74) is -0.0855. The third-order valence-corrected chi connectivity index (χ3v) is 6.08. The minimum atomic E-state index is -0.659. The molecule has 7 unspecified atom stereocenters. The van der Waals surface area contributed by atoms with Crippen molar-refractivity contribution in [1.82, 2.24) is 0 Å². The molecule has 0 radical (unpaired) electrons. The highest BCUT2D eigenvalue weighted by Gasteiger charge is 2.64. The number of esters is 2. The molecule has 5 nitrogen and oxygen atoms in total. The molecule has 2 aliphatic carbocycles. The molecule has 0 aromatic heterocycles. The Morgan fingerprint density at radius 1 is 1.45 bits per heavy atom. The molecule has 1 saturated heterocycles. The van der Waals surface area contributed by atoms with Gasteiger partial charge in [0.25, 0.3) is 0 Å². The van der Waals surface area contributed by atoms with Gasteiger partial charge >= 0.3 is 11.9 Å². The van der Waals surface area contributed by atoms with Gasteiger partial charge in [0.1, 0.15) is 12.2 Å². The quantitative estimate of drug-likeness (QED) is 0.591. The van der Waals surface area contributed by atoms with Crippen LogP contribution < -0.4 is 0 Å². The zero-order valence-corrected chi connectivity index (χ0v) is 13.4. The second-order valence-corrected chi connectivity index (χ2v) is 7.30. The summed E-state index contributed by atoms with van der Waals surface area (Å²) < 4.78 is 11.1. The summed E-state index contributed by atoms with van der Waals surface area (Å²) in [7, 11) is 0. The molecular weight excluding hydrogens is 284 g/mol. The fourth-order valence-corrected chi connectivity index (χ4v) is 5.05. The Morgan fingerprint density at radius 3 is 2.77 bits per heavy atom. The van der Waals surface area contributed by atoms with E-state index < -0.39 is 11.5 Å². The van der Waals surface area contributed by atoms with Crippen LogP contribution in [-0.4, -0.2) is 35.4 Å². The van der Waals surface area contributed by atoms with E-state index in [-0.39, 0.29) is 41.9 Å². The Morgan fingerprint density at radius 2 is 2.14 bits per heavy atom. The lowest BCUT2D eigenvalue weighted by Crippen LogP contribution is -2.48. The Hall–Kier alpha value is -1.36. The fraction of sp³-hybridized carbons (Fsp3) is 0.765. The van der Waals surface area contributed by atoms with E-state index in [9.17, 15) is 14.7 Å². The molecule has 5 heteroatoms. The first-order chi connectivity index (χ1) is 10.3. The van der Waals surface area contributed by atoms with Crippen LogP contribution in [0.1, 0.15) is 40.0 Å². The highest BCUT2D eigenvalue weighted by Crippen LogP contribution is 2.58. The van der Waals surface area contributed by atoms with Crippen molar-refractivity contribution in [2.24, 2.45) is 23.2 Å². The number of fused-ring (bicyclic) bond motifs is 3. The van der Waals surface area contributed by atoms with Crippen molar-refractivity contribution < 1.29 is 24.2 Å². The Kier molecular flexibility index (Phi) is 3.59. The predicted octanol–water partition coefficient (Wildman–Crippen LogP) is 1.83. The van der Waals surface area contributed by atoms with Gasteiger partial charge in [0.15, 0.2) is 0 Å². The molecule has 22 heavy (non-hydrogen) atoms. The lowest BCUT2D eigenvalue weighted by Gasteiger charge is -2.41. The van der Waals surface area contributed by atoms with E-state index in [0.29, 0.717) is 12.0 Å². The molecule has 7 atom stereocenters. The summed E-state index contributed by atoms with van der Waals surface area (Å²) in [5.74, 6) is -0.464. The maximum Gasteiger partial charge on any atom is 0.334 e. The van der Waals surface area contributed by atoms with Crippen molar-refractivity contribution in [3.05, 3.63) is 12.2 Å². The summed E-state index contributed by atoms with van der Waals surface area (Å²) in [6.07, 6.45) is 0.771. The van der Waals surface area contributed by atoms with Crippen molar-refractivity contribution in [3.8, 4) is 0 Å². The van der Waals surface area contributed by atoms with E-state index in [1.165, 1.54) is 6.92 Å². The first kappa shape index (κ1) is 15.5. The van der Waals surface area contributed by atoms with Crippen molar-refractivity contribution in [2.45, 2.75) is 58.3 Å². The van der Waals surface area contributed by atoms with Crippen LogP contribution in [-0.2, 0) is 19.1 Å². The van der Waals surface area contributed by atoms with Crippen LogP contribution in [0.5, 0.6) is 0 Å². The summed E-state index contributed by atoms with van der Waals surface area (Å²) in [5, 5.41) is 10.7. The standard InChI is InChI=1S/C17H24O5/c1-8-5-6-11-9(2)16(20)22-15(11)17(4)13(19)7-12(14(8)17)21-10(3)18/h8,11-15,19H,2,5-7H2,1,3-4H3. The Balaban J connectivity index is 2.01. The molecule has 1 aliphatic heterocycles. The first-order valence-electron chi connectivity index (χ1n) is 8.01. The lowest BCUT2D eigenvalue weighted by atomic mass is 9.67. The van der Waals surface area contributed by atoms with E-state index in [0.717, 1.165) is 12.8 Å². The van der Waals surface area contributed by atoms with Crippen LogP contribution in [0.4, 0.5) is 0 Å². The third kappa shape index (κ3) is 2.02. The van der Waals surface area contributed by atoms with Crippen LogP contribution in [0.2, 0.25) is 0 Å². The van der Waals surface area contributed by atoms with E-state index >= 15 is 0 Å². The van der Waals surface area contributed by atoms with Gasteiger partial charge in [-0.05, 0) is 18.8 Å². The van der Waals surface area contributed by atoms with Gasteiger partial charge in [0.2, 0.25) is 0 Å². The summed E-state index contributed by atoms with van der Waals surface area (Å²) in [4.78, 5) is 23.3. The molecule has 0 spiro atoms. The largest absolute Gasteiger partial charge is 0.462 e. The number of hydrogen-bond acceptors (Lipinski definition) is 5. The fourth-order valence-electron chi connectivity index (χ4n) is 5.05. The van der Waals surface area contributed by atoms with Crippen molar-refractivity contribution in [2.75, 3.05) is 0 Å². The van der Waals surface area contributed by atoms with Crippen LogP contribution in [0.25, 0.3) is 0 Å². The number of carbonyl (C=O) groups excluding carboxylic acids is 2. The lowest BCUT2D eigenvalue weighted by molar-refractivity contribution is -0.159. The molecule has 3 rings (SSSR count). The average Bonchev–Trinajstić information content (AvgIpc) is 2.79. The molecule has 1 heterocycles. The molecule has 2 saturated carbocycles. The van der Waals surface area contributed by atoms with E-state index in [2.05, 4.69) is 13.5 Å². The Labute approximate surface area is 130 Å². The van der Waals surface area contributed by atoms with Gasteiger partial charge in [0, 0.05) is 36.2 Å². The highest BCUT2D eigenvalue weighted by atomic mass is 16.6.